The molecule has 0 saturated carbocycles. The molecule has 150 valence electrons. The number of hydrogen-bond acceptors (Lipinski definition) is 6. The van der Waals surface area contributed by atoms with Crippen LogP contribution in [-0.4, -0.2) is 70.2 Å². The van der Waals surface area contributed by atoms with E-state index in [1.165, 1.54) is 35.0 Å². The Labute approximate surface area is 164 Å². The summed E-state index contributed by atoms with van der Waals surface area (Å²) in [5.74, 6) is -0.572. The Morgan fingerprint density at radius 2 is 2.00 bits per heavy atom. The van der Waals surface area contributed by atoms with Crippen LogP contribution in [0.15, 0.2) is 24.5 Å². The molecule has 0 spiro atoms. The highest BCUT2D eigenvalue weighted by atomic mass is 32.2. The largest absolute Gasteiger partial charge is 0.478 e. The number of carboxylic acids is 1. The molecule has 0 radical (unpaired) electrons. The summed E-state index contributed by atoms with van der Waals surface area (Å²) in [7, 11) is -0.436. The van der Waals surface area contributed by atoms with E-state index in [0.717, 1.165) is 18.5 Å². The summed E-state index contributed by atoms with van der Waals surface area (Å²) >= 11 is 0. The molecule has 1 aliphatic heterocycles. The number of hydrogen-bond donors (Lipinski definition) is 1. The predicted octanol–water partition coefficient (Wildman–Crippen LogP) is 1.53. The number of pyridine rings is 1. The SMILES string of the molecule is Cc1nc(-c2cncc(C(=O)O)c2)cc([C@@H]2CCCN(S(=O)(=O)N(C)C)C2)n1. The second-order valence-corrected chi connectivity index (χ2v) is 9.12. The van der Waals surface area contributed by atoms with E-state index in [2.05, 4.69) is 15.0 Å². The number of nitrogens with zero attached hydrogens (tertiary/aromatic N) is 5. The molecule has 28 heavy (non-hydrogen) atoms. The molecular weight excluding hydrogens is 382 g/mol. The van der Waals surface area contributed by atoms with E-state index in [0.29, 0.717) is 30.2 Å². The third-order valence-electron chi connectivity index (χ3n) is 4.73. The smallest absolute Gasteiger partial charge is 0.337 e. The van der Waals surface area contributed by atoms with Gasteiger partial charge in [0.2, 0.25) is 0 Å². The quantitative estimate of drug-likeness (QED) is 0.802. The van der Waals surface area contributed by atoms with Crippen LogP contribution in [0.5, 0.6) is 0 Å². The van der Waals surface area contributed by atoms with Crippen molar-refractivity contribution in [3.8, 4) is 11.3 Å². The summed E-state index contributed by atoms with van der Waals surface area (Å²) in [6, 6.07) is 3.32. The number of piperidine rings is 1. The average molecular weight is 405 g/mol. The van der Waals surface area contributed by atoms with Crippen molar-refractivity contribution in [1.29, 1.82) is 0 Å². The van der Waals surface area contributed by atoms with Gasteiger partial charge < -0.3 is 5.11 Å². The van der Waals surface area contributed by atoms with E-state index in [-0.39, 0.29) is 11.5 Å². The lowest BCUT2D eigenvalue weighted by Gasteiger charge is -2.33. The Bertz CT molecular complexity index is 993. The zero-order chi connectivity index (χ0) is 20.5. The topological polar surface area (TPSA) is 117 Å². The highest BCUT2D eigenvalue weighted by Gasteiger charge is 2.32. The van der Waals surface area contributed by atoms with E-state index in [4.69, 9.17) is 0 Å². The summed E-state index contributed by atoms with van der Waals surface area (Å²) in [5.41, 5.74) is 1.99. The molecule has 2 aromatic heterocycles. The summed E-state index contributed by atoms with van der Waals surface area (Å²) in [6.45, 7) is 2.60. The highest BCUT2D eigenvalue weighted by Crippen LogP contribution is 2.30. The molecule has 0 aliphatic carbocycles. The van der Waals surface area contributed by atoms with Crippen molar-refractivity contribution < 1.29 is 18.3 Å². The number of aromatic carboxylic acids is 1. The Hall–Kier alpha value is -2.43. The van der Waals surface area contributed by atoms with Gasteiger partial charge in [-0.1, -0.05) is 0 Å². The average Bonchev–Trinajstić information content (AvgIpc) is 2.67. The van der Waals surface area contributed by atoms with Gasteiger partial charge in [-0.05, 0) is 31.9 Å². The maximum Gasteiger partial charge on any atom is 0.337 e. The van der Waals surface area contributed by atoms with E-state index in [1.54, 1.807) is 19.2 Å². The first-order chi connectivity index (χ1) is 13.2. The van der Waals surface area contributed by atoms with Crippen LogP contribution in [0.4, 0.5) is 0 Å². The van der Waals surface area contributed by atoms with Crippen LogP contribution in [-0.2, 0) is 10.2 Å². The lowest BCUT2D eigenvalue weighted by Crippen LogP contribution is -2.45. The van der Waals surface area contributed by atoms with Gasteiger partial charge in [-0.3, -0.25) is 4.98 Å². The van der Waals surface area contributed by atoms with Crippen LogP contribution in [0.2, 0.25) is 0 Å². The molecule has 9 nitrogen and oxygen atoms in total. The molecular formula is C18H23N5O4S. The van der Waals surface area contributed by atoms with Gasteiger partial charge in [0.05, 0.1) is 11.3 Å². The monoisotopic (exact) mass is 405 g/mol. The molecule has 10 heteroatoms. The van der Waals surface area contributed by atoms with Crippen molar-refractivity contribution in [2.45, 2.75) is 25.7 Å². The molecule has 2 aromatic rings. The minimum absolute atomic E-state index is 0.0560. The first-order valence-corrected chi connectivity index (χ1v) is 10.3. The molecule has 0 amide bonds. The van der Waals surface area contributed by atoms with Crippen LogP contribution in [0.25, 0.3) is 11.3 Å². The molecule has 1 fully saturated rings. The van der Waals surface area contributed by atoms with E-state index in [1.807, 2.05) is 0 Å². The Morgan fingerprint density at radius 3 is 2.68 bits per heavy atom. The van der Waals surface area contributed by atoms with E-state index in [9.17, 15) is 18.3 Å². The van der Waals surface area contributed by atoms with Gasteiger partial charge in [0.25, 0.3) is 10.2 Å². The lowest BCUT2D eigenvalue weighted by molar-refractivity contribution is 0.0696. The first kappa shape index (κ1) is 20.3. The third-order valence-corrected chi connectivity index (χ3v) is 6.64. The second-order valence-electron chi connectivity index (χ2n) is 6.98. The van der Waals surface area contributed by atoms with Gasteiger partial charge in [-0.2, -0.15) is 17.0 Å². The Morgan fingerprint density at radius 1 is 1.25 bits per heavy atom. The van der Waals surface area contributed by atoms with Crippen molar-refractivity contribution in [3.05, 3.63) is 41.6 Å². The Kier molecular flexibility index (Phi) is 5.73. The first-order valence-electron chi connectivity index (χ1n) is 8.90. The van der Waals surface area contributed by atoms with Gasteiger partial charge in [0, 0.05) is 56.8 Å². The van der Waals surface area contributed by atoms with Crippen molar-refractivity contribution in [2.75, 3.05) is 27.2 Å². The van der Waals surface area contributed by atoms with Gasteiger partial charge in [0.15, 0.2) is 0 Å². The maximum atomic E-state index is 12.5. The summed E-state index contributed by atoms with van der Waals surface area (Å²) < 4.78 is 27.6. The van der Waals surface area contributed by atoms with Crippen molar-refractivity contribution in [2.24, 2.45) is 0 Å². The zero-order valence-electron chi connectivity index (χ0n) is 16.0. The van der Waals surface area contributed by atoms with Gasteiger partial charge in [-0.15, -0.1) is 0 Å². The fraction of sp³-hybridized carbons (Fsp3) is 0.444. The summed E-state index contributed by atoms with van der Waals surface area (Å²) in [5, 5.41) is 9.18. The van der Waals surface area contributed by atoms with Crippen LogP contribution < -0.4 is 0 Å². The van der Waals surface area contributed by atoms with Gasteiger partial charge in [0.1, 0.15) is 5.82 Å². The van der Waals surface area contributed by atoms with Crippen molar-refractivity contribution in [3.63, 3.8) is 0 Å². The number of carboxylic acid groups (broad SMARTS) is 1. The third kappa shape index (κ3) is 4.18. The number of carbonyl (C=O) groups is 1. The van der Waals surface area contributed by atoms with Crippen LogP contribution >= 0.6 is 0 Å². The molecule has 1 aliphatic rings. The molecule has 0 aromatic carbocycles. The highest BCUT2D eigenvalue weighted by molar-refractivity contribution is 7.86. The summed E-state index contributed by atoms with van der Waals surface area (Å²) in [6.07, 6.45) is 4.41. The second kappa shape index (κ2) is 7.90. The Balaban J connectivity index is 1.93. The number of aryl methyl sites for hydroxylation is 1. The molecule has 0 unspecified atom stereocenters. The van der Waals surface area contributed by atoms with Crippen molar-refractivity contribution in [1.82, 2.24) is 23.6 Å². The lowest BCUT2D eigenvalue weighted by atomic mass is 9.95. The minimum Gasteiger partial charge on any atom is -0.478 e. The number of aromatic nitrogens is 3. The minimum atomic E-state index is -3.48. The van der Waals surface area contributed by atoms with Crippen LogP contribution in [0.3, 0.4) is 0 Å². The molecule has 0 bridgehead atoms. The van der Waals surface area contributed by atoms with Gasteiger partial charge in [-0.25, -0.2) is 14.8 Å². The van der Waals surface area contributed by atoms with Crippen LogP contribution in [0, 0.1) is 6.92 Å². The predicted molar refractivity (Wildman–Crippen MR) is 103 cm³/mol. The fourth-order valence-corrected chi connectivity index (χ4v) is 4.46. The normalized spacial score (nSPS) is 18.4. The van der Waals surface area contributed by atoms with Crippen molar-refractivity contribution >= 4 is 16.2 Å². The van der Waals surface area contributed by atoms with Crippen LogP contribution in [0.1, 0.15) is 40.6 Å². The zero-order valence-corrected chi connectivity index (χ0v) is 16.8. The summed E-state index contributed by atoms with van der Waals surface area (Å²) in [4.78, 5) is 24.1. The van der Waals surface area contributed by atoms with E-state index < -0.39 is 16.2 Å². The van der Waals surface area contributed by atoms with Gasteiger partial charge >= 0.3 is 5.97 Å². The molecule has 1 N–H and O–H groups in total. The standard InChI is InChI=1S/C18H23N5O4S/c1-12-20-16(13-5-4-6-23(11-13)28(26,27)22(2)3)8-17(21-12)14-7-15(18(24)25)10-19-9-14/h7-10,13H,4-6,11H2,1-3H3,(H,24,25)/t13-/m1/s1. The molecule has 3 rings (SSSR count). The molecule has 1 atom stereocenters. The molecule has 3 heterocycles. The molecule has 1 saturated heterocycles. The fourth-order valence-electron chi connectivity index (χ4n) is 3.27. The van der Waals surface area contributed by atoms with E-state index >= 15 is 0 Å². The maximum absolute atomic E-state index is 12.5. The number of rotatable bonds is 5.